The molecule has 0 saturated carbocycles. The van der Waals surface area contributed by atoms with Gasteiger partial charge in [0.1, 0.15) is 0 Å². The van der Waals surface area contributed by atoms with Crippen LogP contribution in [0.2, 0.25) is 0 Å². The molecule has 0 heterocycles. The molecular formula is C15H15. The maximum Gasteiger partial charge on any atom is 0.00896 e. The second kappa shape index (κ2) is 4.31. The van der Waals surface area contributed by atoms with Crippen molar-refractivity contribution < 1.29 is 0 Å². The lowest BCUT2D eigenvalue weighted by Crippen LogP contribution is -1.95. The fourth-order valence-corrected chi connectivity index (χ4v) is 1.68. The first kappa shape index (κ1) is 9.97. The van der Waals surface area contributed by atoms with E-state index in [1.54, 1.807) is 0 Å². The fourth-order valence-electron chi connectivity index (χ4n) is 1.68. The van der Waals surface area contributed by atoms with E-state index in [2.05, 4.69) is 62.4 Å². The number of rotatable bonds is 2. The van der Waals surface area contributed by atoms with Gasteiger partial charge < -0.3 is 0 Å². The van der Waals surface area contributed by atoms with Gasteiger partial charge in [-0.3, -0.25) is 0 Å². The normalized spacial score (nSPS) is 12.4. The van der Waals surface area contributed by atoms with Crippen molar-refractivity contribution in [2.45, 2.75) is 12.8 Å². The summed E-state index contributed by atoms with van der Waals surface area (Å²) < 4.78 is 0. The number of hydrogen-bond donors (Lipinski definition) is 0. The molecule has 1 atom stereocenters. The lowest BCUT2D eigenvalue weighted by Gasteiger charge is -2.12. The Hall–Kier alpha value is -1.56. The minimum absolute atomic E-state index is 0.229. The van der Waals surface area contributed by atoms with Crippen molar-refractivity contribution in [1.29, 1.82) is 0 Å². The molecule has 0 N–H and O–H groups in total. The van der Waals surface area contributed by atoms with E-state index in [-0.39, 0.29) is 5.92 Å². The third-order valence-corrected chi connectivity index (χ3v) is 2.68. The molecule has 2 aromatic carbocycles. The first-order valence-electron chi connectivity index (χ1n) is 5.22. The predicted octanol–water partition coefficient (Wildman–Crippen LogP) is 3.96. The van der Waals surface area contributed by atoms with Crippen LogP contribution in [0.3, 0.4) is 0 Å². The summed E-state index contributed by atoms with van der Waals surface area (Å²) in [5.74, 6) is 0.229. The van der Waals surface area contributed by atoms with Crippen LogP contribution in [-0.4, -0.2) is 0 Å². The van der Waals surface area contributed by atoms with E-state index in [0.717, 1.165) is 0 Å². The van der Waals surface area contributed by atoms with Gasteiger partial charge in [-0.25, -0.2) is 0 Å². The Morgan fingerprint density at radius 1 is 0.800 bits per heavy atom. The highest BCUT2D eigenvalue weighted by atomic mass is 14.1. The molecule has 0 bridgehead atoms. The minimum atomic E-state index is 0.229. The quantitative estimate of drug-likeness (QED) is 0.680. The molecule has 0 heteroatoms. The Labute approximate surface area is 91.6 Å². The molecule has 2 aromatic rings. The molecule has 0 amide bonds. The van der Waals surface area contributed by atoms with Gasteiger partial charge in [-0.05, 0) is 25.0 Å². The summed E-state index contributed by atoms with van der Waals surface area (Å²) in [5.41, 5.74) is 3.83. The maximum atomic E-state index is 4.21. The lowest BCUT2D eigenvalue weighted by atomic mass is 9.93. The van der Waals surface area contributed by atoms with Gasteiger partial charge in [-0.2, -0.15) is 0 Å². The van der Waals surface area contributed by atoms with E-state index in [4.69, 9.17) is 0 Å². The standard InChI is InChI=1S/C15H15/c1-12-8-10-15(11-9-12)13(2)14-6-4-3-5-7-14/h3-11,13H,2H2,1H3/t13-/m0/s1. The average Bonchev–Trinajstić information content (AvgIpc) is 2.30. The lowest BCUT2D eigenvalue weighted by molar-refractivity contribution is 1.02. The zero-order valence-corrected chi connectivity index (χ0v) is 8.98. The van der Waals surface area contributed by atoms with Gasteiger partial charge in [0.25, 0.3) is 0 Å². The van der Waals surface area contributed by atoms with Gasteiger partial charge in [0.2, 0.25) is 0 Å². The van der Waals surface area contributed by atoms with Crippen LogP contribution < -0.4 is 0 Å². The summed E-state index contributed by atoms with van der Waals surface area (Å²) in [6.45, 7) is 6.31. The van der Waals surface area contributed by atoms with Crippen LogP contribution in [0, 0.1) is 13.8 Å². The van der Waals surface area contributed by atoms with Crippen LogP contribution in [0.15, 0.2) is 54.6 Å². The zero-order valence-electron chi connectivity index (χ0n) is 8.98. The highest BCUT2D eigenvalue weighted by Crippen LogP contribution is 2.23. The molecule has 15 heavy (non-hydrogen) atoms. The van der Waals surface area contributed by atoms with Crippen LogP contribution >= 0.6 is 0 Å². The first-order valence-corrected chi connectivity index (χ1v) is 5.22. The van der Waals surface area contributed by atoms with Crippen LogP contribution in [0.25, 0.3) is 0 Å². The van der Waals surface area contributed by atoms with Crippen molar-refractivity contribution in [2.24, 2.45) is 0 Å². The van der Waals surface area contributed by atoms with Crippen molar-refractivity contribution in [3.8, 4) is 0 Å². The topological polar surface area (TPSA) is 0 Å². The van der Waals surface area contributed by atoms with Crippen molar-refractivity contribution in [2.75, 3.05) is 0 Å². The Kier molecular flexibility index (Phi) is 2.86. The summed E-state index contributed by atoms with van der Waals surface area (Å²) in [6, 6.07) is 19.0. The Balaban J connectivity index is 2.29. The molecule has 0 spiro atoms. The molecule has 0 aromatic heterocycles. The second-order valence-corrected chi connectivity index (χ2v) is 3.87. The first-order chi connectivity index (χ1) is 7.27. The maximum absolute atomic E-state index is 4.21. The van der Waals surface area contributed by atoms with Gasteiger partial charge >= 0.3 is 0 Å². The number of aryl methyl sites for hydroxylation is 1. The molecule has 0 unspecified atom stereocenters. The summed E-state index contributed by atoms with van der Waals surface area (Å²) in [7, 11) is 0. The molecule has 0 aliphatic carbocycles. The third kappa shape index (κ3) is 2.27. The monoisotopic (exact) mass is 195 g/mol. The highest BCUT2D eigenvalue weighted by Gasteiger charge is 2.06. The largest absolute Gasteiger partial charge is 0.0622 e. The number of benzene rings is 2. The fraction of sp³-hybridized carbons (Fsp3) is 0.133. The summed E-state index contributed by atoms with van der Waals surface area (Å²) >= 11 is 0. The van der Waals surface area contributed by atoms with E-state index < -0.39 is 0 Å². The number of hydrogen-bond acceptors (Lipinski definition) is 0. The second-order valence-electron chi connectivity index (χ2n) is 3.87. The van der Waals surface area contributed by atoms with Crippen molar-refractivity contribution in [3.05, 3.63) is 78.2 Å². The van der Waals surface area contributed by atoms with E-state index in [0.29, 0.717) is 0 Å². The van der Waals surface area contributed by atoms with E-state index >= 15 is 0 Å². The molecule has 75 valence electrons. The van der Waals surface area contributed by atoms with Gasteiger partial charge in [0.15, 0.2) is 0 Å². The molecule has 2 rings (SSSR count). The van der Waals surface area contributed by atoms with Crippen LogP contribution in [0.5, 0.6) is 0 Å². The van der Waals surface area contributed by atoms with Crippen LogP contribution in [-0.2, 0) is 0 Å². The van der Waals surface area contributed by atoms with E-state index in [1.165, 1.54) is 16.7 Å². The molecule has 1 radical (unpaired) electrons. The third-order valence-electron chi connectivity index (χ3n) is 2.68. The minimum Gasteiger partial charge on any atom is -0.0622 e. The van der Waals surface area contributed by atoms with Gasteiger partial charge in [-0.1, -0.05) is 60.2 Å². The molecule has 0 nitrogen and oxygen atoms in total. The predicted molar refractivity (Wildman–Crippen MR) is 64.8 cm³/mol. The Bertz CT molecular complexity index is 412. The van der Waals surface area contributed by atoms with Crippen molar-refractivity contribution in [1.82, 2.24) is 0 Å². The molecule has 0 saturated heterocycles. The Morgan fingerprint density at radius 3 is 1.93 bits per heavy atom. The van der Waals surface area contributed by atoms with Crippen molar-refractivity contribution >= 4 is 0 Å². The smallest absolute Gasteiger partial charge is 0.00896 e. The van der Waals surface area contributed by atoms with Gasteiger partial charge in [-0.15, -0.1) is 0 Å². The average molecular weight is 195 g/mol. The van der Waals surface area contributed by atoms with Gasteiger partial charge in [0, 0.05) is 5.92 Å². The summed E-state index contributed by atoms with van der Waals surface area (Å²) in [6.07, 6.45) is 0. The van der Waals surface area contributed by atoms with E-state index in [1.807, 2.05) is 6.07 Å². The molecule has 0 fully saturated rings. The highest BCUT2D eigenvalue weighted by molar-refractivity contribution is 5.34. The van der Waals surface area contributed by atoms with Crippen LogP contribution in [0.4, 0.5) is 0 Å². The van der Waals surface area contributed by atoms with Crippen LogP contribution in [0.1, 0.15) is 22.6 Å². The zero-order chi connectivity index (χ0) is 10.7. The summed E-state index contributed by atoms with van der Waals surface area (Å²) in [4.78, 5) is 0. The molecular weight excluding hydrogens is 180 g/mol. The van der Waals surface area contributed by atoms with Gasteiger partial charge in [0.05, 0.1) is 0 Å². The molecule has 0 aliphatic heterocycles. The van der Waals surface area contributed by atoms with E-state index in [9.17, 15) is 0 Å². The Morgan fingerprint density at radius 2 is 1.33 bits per heavy atom. The molecule has 0 aliphatic rings. The SMILES string of the molecule is [CH2][C@@H](c1ccccc1)c1ccc(C)cc1. The van der Waals surface area contributed by atoms with Crippen molar-refractivity contribution in [3.63, 3.8) is 0 Å². The summed E-state index contributed by atoms with van der Waals surface area (Å²) in [5, 5.41) is 0.